The van der Waals surface area contributed by atoms with Gasteiger partial charge in [-0.25, -0.2) is 18.4 Å². The van der Waals surface area contributed by atoms with Crippen molar-refractivity contribution in [2.75, 3.05) is 25.3 Å². The molecule has 2 aliphatic rings. The first-order chi connectivity index (χ1) is 15.4. The van der Waals surface area contributed by atoms with Crippen LogP contribution in [0.25, 0.3) is 0 Å². The van der Waals surface area contributed by atoms with Crippen molar-refractivity contribution in [2.45, 2.75) is 25.1 Å². The topological polar surface area (TPSA) is 81.7 Å². The van der Waals surface area contributed by atoms with E-state index < -0.39 is 86.4 Å². The first-order valence-electron chi connectivity index (χ1n) is 9.36. The van der Waals surface area contributed by atoms with Gasteiger partial charge in [-0.3, -0.25) is 4.21 Å². The van der Waals surface area contributed by atoms with Crippen LogP contribution in [-0.4, -0.2) is 47.5 Å². The van der Waals surface area contributed by atoms with Crippen LogP contribution in [0.2, 0.25) is 5.02 Å². The fourth-order valence-electron chi connectivity index (χ4n) is 3.70. The largest absolute Gasteiger partial charge is 0.466 e. The van der Waals surface area contributed by atoms with Gasteiger partial charge in [-0.2, -0.15) is 13.2 Å². The first kappa shape index (κ1) is 25.2. The number of rotatable bonds is 5. The quantitative estimate of drug-likeness (QED) is 0.479. The summed E-state index contributed by atoms with van der Waals surface area (Å²) in [6, 6.07) is 1.33. The molecule has 6 nitrogen and oxygen atoms in total. The SMILES string of the molecule is COC(=O)C1=C(CF)NC(C)=C(C(=O)OC2CS(=O)C2)C1c1c(F)ccc(Cl)c1C(F)(F)F. The van der Waals surface area contributed by atoms with E-state index in [1.807, 2.05) is 0 Å². The minimum atomic E-state index is -5.19. The molecule has 3 rings (SSSR count). The maximum absolute atomic E-state index is 15.0. The van der Waals surface area contributed by atoms with E-state index >= 15 is 4.39 Å². The maximum Gasteiger partial charge on any atom is 0.418 e. The average molecular weight is 514 g/mol. The summed E-state index contributed by atoms with van der Waals surface area (Å²) in [5.74, 6) is -5.90. The van der Waals surface area contributed by atoms with Crippen molar-refractivity contribution in [3.05, 3.63) is 56.6 Å². The normalized spacial score (nSPS) is 23.1. The molecule has 0 saturated carbocycles. The number of dihydropyridines is 1. The van der Waals surface area contributed by atoms with Gasteiger partial charge >= 0.3 is 18.1 Å². The summed E-state index contributed by atoms with van der Waals surface area (Å²) in [5, 5.41) is 1.57. The second-order valence-corrected chi connectivity index (χ2v) is 9.18. The third-order valence-corrected chi connectivity index (χ3v) is 6.94. The Morgan fingerprint density at radius 1 is 1.21 bits per heavy atom. The fraction of sp³-hybridized carbons (Fsp3) is 0.400. The number of halogens is 6. The zero-order valence-electron chi connectivity index (χ0n) is 17.1. The molecule has 1 atom stereocenters. The van der Waals surface area contributed by atoms with E-state index in [0.29, 0.717) is 12.1 Å². The number of benzene rings is 1. The fourth-order valence-corrected chi connectivity index (χ4v) is 4.84. The van der Waals surface area contributed by atoms with Gasteiger partial charge in [-0.15, -0.1) is 0 Å². The molecule has 1 saturated heterocycles. The first-order valence-corrected chi connectivity index (χ1v) is 11.2. The van der Waals surface area contributed by atoms with Gasteiger partial charge in [0.25, 0.3) is 0 Å². The highest BCUT2D eigenvalue weighted by atomic mass is 35.5. The second kappa shape index (κ2) is 9.41. The monoisotopic (exact) mass is 513 g/mol. The van der Waals surface area contributed by atoms with Crippen LogP contribution in [0.15, 0.2) is 34.7 Å². The van der Waals surface area contributed by atoms with Crippen LogP contribution in [-0.2, 0) is 36.0 Å². The second-order valence-electron chi connectivity index (χ2n) is 7.23. The van der Waals surface area contributed by atoms with Crippen molar-refractivity contribution in [2.24, 2.45) is 0 Å². The lowest BCUT2D eigenvalue weighted by Crippen LogP contribution is -2.42. The molecular formula is C20H17ClF5NO5S. The van der Waals surface area contributed by atoms with Gasteiger partial charge < -0.3 is 14.8 Å². The number of carbonyl (C=O) groups excluding carboxylic acids is 2. The lowest BCUT2D eigenvalue weighted by atomic mass is 9.78. The van der Waals surface area contributed by atoms with Gasteiger partial charge in [0.1, 0.15) is 18.6 Å². The van der Waals surface area contributed by atoms with E-state index in [4.69, 9.17) is 16.3 Å². The summed E-state index contributed by atoms with van der Waals surface area (Å²) in [6.45, 7) is -0.117. The molecule has 1 fully saturated rings. The highest BCUT2D eigenvalue weighted by Crippen LogP contribution is 2.48. The molecule has 33 heavy (non-hydrogen) atoms. The Kier molecular flexibility index (Phi) is 7.18. The molecule has 13 heteroatoms. The number of hydrogen-bond donors (Lipinski definition) is 1. The van der Waals surface area contributed by atoms with E-state index in [1.165, 1.54) is 6.92 Å². The third kappa shape index (κ3) is 4.77. The van der Waals surface area contributed by atoms with Crippen molar-refractivity contribution < 1.29 is 45.2 Å². The summed E-state index contributed by atoms with van der Waals surface area (Å²) in [4.78, 5) is 25.5. The van der Waals surface area contributed by atoms with E-state index in [2.05, 4.69) is 10.1 Å². The zero-order valence-corrected chi connectivity index (χ0v) is 18.7. The predicted octanol–water partition coefficient (Wildman–Crippen LogP) is 3.53. The highest BCUT2D eigenvalue weighted by Gasteiger charge is 2.47. The molecule has 1 aromatic carbocycles. The Labute approximate surface area is 192 Å². The summed E-state index contributed by atoms with van der Waals surface area (Å²) in [5.41, 5.74) is -4.72. The molecule has 0 radical (unpaired) electrons. The van der Waals surface area contributed by atoms with Crippen molar-refractivity contribution in [1.82, 2.24) is 5.32 Å². The number of esters is 2. The van der Waals surface area contributed by atoms with Crippen LogP contribution in [0.4, 0.5) is 22.0 Å². The van der Waals surface area contributed by atoms with Crippen LogP contribution < -0.4 is 5.32 Å². The molecule has 1 unspecified atom stereocenters. The smallest absolute Gasteiger partial charge is 0.418 e. The molecule has 1 aromatic rings. The number of nitrogens with one attached hydrogen (secondary N) is 1. The molecular weight excluding hydrogens is 497 g/mol. The number of ether oxygens (including phenoxy) is 2. The molecule has 0 spiro atoms. The van der Waals surface area contributed by atoms with E-state index in [-0.39, 0.29) is 17.2 Å². The summed E-state index contributed by atoms with van der Waals surface area (Å²) in [7, 11) is -0.313. The number of alkyl halides is 4. The van der Waals surface area contributed by atoms with Gasteiger partial charge in [0.2, 0.25) is 0 Å². The van der Waals surface area contributed by atoms with Crippen LogP contribution in [0, 0.1) is 5.82 Å². The Morgan fingerprint density at radius 3 is 2.36 bits per heavy atom. The van der Waals surface area contributed by atoms with Crippen LogP contribution in [0.1, 0.15) is 24.0 Å². The van der Waals surface area contributed by atoms with Crippen LogP contribution in [0.3, 0.4) is 0 Å². The molecule has 0 aromatic heterocycles. The third-order valence-electron chi connectivity index (χ3n) is 5.13. The van der Waals surface area contributed by atoms with Crippen LogP contribution >= 0.6 is 11.6 Å². The molecule has 0 amide bonds. The number of allylic oxidation sites excluding steroid dienone is 2. The van der Waals surface area contributed by atoms with Crippen molar-refractivity contribution in [1.29, 1.82) is 0 Å². The Hall–Kier alpha value is -2.47. The Bertz CT molecular complexity index is 1090. The van der Waals surface area contributed by atoms with Crippen molar-refractivity contribution in [3.8, 4) is 0 Å². The molecule has 180 valence electrons. The van der Waals surface area contributed by atoms with E-state index in [1.54, 1.807) is 0 Å². The van der Waals surface area contributed by atoms with E-state index in [9.17, 15) is 31.4 Å². The number of hydrogen-bond acceptors (Lipinski definition) is 6. The van der Waals surface area contributed by atoms with E-state index in [0.717, 1.165) is 7.11 Å². The standard InChI is InChI=1S/C20H17ClF5NO5S/c1-8-13(19(29)32-9-6-33(30)7-9)16(15(18(28)31-2)12(5-22)27-8)14-11(23)4-3-10(21)17(14)20(24,25)26/h3-4,9,16,27H,5-7H2,1-2H3. The maximum atomic E-state index is 15.0. The Morgan fingerprint density at radius 2 is 1.85 bits per heavy atom. The lowest BCUT2D eigenvalue weighted by Gasteiger charge is -2.33. The zero-order chi connectivity index (χ0) is 24.7. The Balaban J connectivity index is 2.29. The lowest BCUT2D eigenvalue weighted by molar-refractivity contribution is -0.144. The summed E-state index contributed by atoms with van der Waals surface area (Å²) < 4.78 is 91.8. The van der Waals surface area contributed by atoms with Gasteiger partial charge in [-0.05, 0) is 19.1 Å². The van der Waals surface area contributed by atoms with Crippen LogP contribution in [0.5, 0.6) is 0 Å². The van der Waals surface area contributed by atoms with Crippen molar-refractivity contribution >= 4 is 34.3 Å². The van der Waals surface area contributed by atoms with Gasteiger partial charge in [0.15, 0.2) is 0 Å². The average Bonchev–Trinajstić information content (AvgIpc) is 2.71. The van der Waals surface area contributed by atoms with Gasteiger partial charge in [-0.1, -0.05) is 11.6 Å². The molecule has 1 N–H and O–H groups in total. The summed E-state index contributed by atoms with van der Waals surface area (Å²) in [6.07, 6.45) is -5.97. The number of carbonyl (C=O) groups is 2. The molecule has 0 aliphatic carbocycles. The van der Waals surface area contributed by atoms with Gasteiger partial charge in [0, 0.05) is 22.1 Å². The van der Waals surface area contributed by atoms with Gasteiger partial charge in [0.05, 0.1) is 52.0 Å². The number of methoxy groups -OCH3 is 1. The molecule has 2 heterocycles. The minimum Gasteiger partial charge on any atom is -0.466 e. The highest BCUT2D eigenvalue weighted by molar-refractivity contribution is 7.86. The predicted molar refractivity (Wildman–Crippen MR) is 108 cm³/mol. The molecule has 2 aliphatic heterocycles. The minimum absolute atomic E-state index is 0.0188. The molecule has 0 bridgehead atoms. The van der Waals surface area contributed by atoms with Crippen molar-refractivity contribution in [3.63, 3.8) is 0 Å². The summed E-state index contributed by atoms with van der Waals surface area (Å²) >= 11 is 5.76.